The number of nitrogens with zero attached hydrogens (tertiary/aromatic N) is 6. The highest BCUT2D eigenvalue weighted by Crippen LogP contribution is 2.27. The first kappa shape index (κ1) is 18.8. The van der Waals surface area contributed by atoms with Gasteiger partial charge in [-0.2, -0.15) is 5.10 Å². The Kier molecular flexibility index (Phi) is 5.07. The Hall–Kier alpha value is -3.56. The number of amides is 1. The van der Waals surface area contributed by atoms with Crippen LogP contribution < -0.4 is 5.32 Å². The minimum absolute atomic E-state index is 0.0725. The minimum atomic E-state index is -1.02. The maximum absolute atomic E-state index is 12.4. The van der Waals surface area contributed by atoms with Crippen LogP contribution >= 0.6 is 0 Å². The highest BCUT2D eigenvalue weighted by Gasteiger charge is 2.29. The van der Waals surface area contributed by atoms with Gasteiger partial charge in [0.1, 0.15) is 5.69 Å². The lowest BCUT2D eigenvalue weighted by molar-refractivity contribution is 0.0696. The van der Waals surface area contributed by atoms with Gasteiger partial charge in [0.25, 0.3) is 5.91 Å². The Morgan fingerprint density at radius 1 is 1.17 bits per heavy atom. The zero-order valence-corrected chi connectivity index (χ0v) is 15.9. The molecule has 150 valence electrons. The van der Waals surface area contributed by atoms with Crippen molar-refractivity contribution in [2.45, 2.75) is 31.8 Å². The molecule has 3 aromatic heterocycles. The average molecular weight is 395 g/mol. The Balaban J connectivity index is 1.41. The van der Waals surface area contributed by atoms with Gasteiger partial charge in [0.15, 0.2) is 0 Å². The van der Waals surface area contributed by atoms with Gasteiger partial charge in [0.05, 0.1) is 29.2 Å². The lowest BCUT2D eigenvalue weighted by Crippen LogP contribution is -2.38. The number of aromatic carboxylic acids is 1. The van der Waals surface area contributed by atoms with E-state index in [9.17, 15) is 9.59 Å². The average Bonchev–Trinajstić information content (AvgIpc) is 3.44. The molecular weight excluding hydrogens is 374 g/mol. The summed E-state index contributed by atoms with van der Waals surface area (Å²) in [5.74, 6) is -0.877. The van der Waals surface area contributed by atoms with E-state index in [2.05, 4.69) is 25.7 Å². The molecule has 1 aliphatic carbocycles. The zero-order chi connectivity index (χ0) is 20.4. The van der Waals surface area contributed by atoms with Crippen molar-refractivity contribution in [3.63, 3.8) is 0 Å². The molecule has 10 nitrogen and oxygen atoms in total. The Bertz CT molecular complexity index is 1020. The molecule has 0 saturated heterocycles. The van der Waals surface area contributed by atoms with Gasteiger partial charge >= 0.3 is 5.97 Å². The molecule has 0 spiro atoms. The lowest BCUT2D eigenvalue weighted by Gasteiger charge is -2.20. The molecule has 10 heteroatoms. The molecule has 3 heterocycles. The van der Waals surface area contributed by atoms with Crippen LogP contribution in [-0.2, 0) is 13.6 Å². The topological polar surface area (TPSA) is 128 Å². The summed E-state index contributed by atoms with van der Waals surface area (Å²) >= 11 is 0. The molecule has 0 bridgehead atoms. The monoisotopic (exact) mass is 395 g/mol. The van der Waals surface area contributed by atoms with E-state index in [0.29, 0.717) is 23.5 Å². The van der Waals surface area contributed by atoms with Crippen molar-refractivity contribution in [2.24, 2.45) is 13.0 Å². The van der Waals surface area contributed by atoms with Crippen molar-refractivity contribution in [2.75, 3.05) is 0 Å². The van der Waals surface area contributed by atoms with Crippen LogP contribution in [0.25, 0.3) is 11.4 Å². The Morgan fingerprint density at radius 2 is 2.03 bits per heavy atom. The number of carbonyl (C=O) groups is 2. The smallest absolute Gasteiger partial charge is 0.337 e. The molecule has 2 N–H and O–H groups in total. The van der Waals surface area contributed by atoms with E-state index in [1.165, 1.54) is 12.3 Å². The summed E-state index contributed by atoms with van der Waals surface area (Å²) in [5.41, 5.74) is 1.82. The molecule has 0 aliphatic heterocycles. The highest BCUT2D eigenvalue weighted by molar-refractivity contribution is 5.93. The van der Waals surface area contributed by atoms with E-state index in [-0.39, 0.29) is 23.4 Å². The number of pyridine rings is 1. The van der Waals surface area contributed by atoms with Crippen LogP contribution in [-0.4, -0.2) is 52.8 Å². The van der Waals surface area contributed by atoms with Gasteiger partial charge in [-0.05, 0) is 30.9 Å². The van der Waals surface area contributed by atoms with E-state index in [1.54, 1.807) is 41.1 Å². The molecule has 4 rings (SSSR count). The van der Waals surface area contributed by atoms with E-state index in [1.807, 2.05) is 0 Å². The number of carbonyl (C=O) groups excluding carboxylic acids is 1. The van der Waals surface area contributed by atoms with E-state index in [0.717, 1.165) is 19.3 Å². The SMILES string of the molecule is Cn1cc(C(=O)N[C@@H]2CCC[C@@H]2Cn2cc(-c3ccc(C(=O)O)cn3)nn2)cn1. The van der Waals surface area contributed by atoms with Crippen LogP contribution in [0.3, 0.4) is 0 Å². The predicted molar refractivity (Wildman–Crippen MR) is 102 cm³/mol. The molecule has 2 atom stereocenters. The Morgan fingerprint density at radius 3 is 2.72 bits per heavy atom. The molecule has 1 aliphatic rings. The summed E-state index contributed by atoms with van der Waals surface area (Å²) in [6.07, 6.45) is 9.33. The number of carboxylic acid groups (broad SMARTS) is 1. The van der Waals surface area contributed by atoms with Gasteiger partial charge in [0.2, 0.25) is 0 Å². The summed E-state index contributed by atoms with van der Waals surface area (Å²) < 4.78 is 3.36. The fourth-order valence-electron chi connectivity index (χ4n) is 3.65. The van der Waals surface area contributed by atoms with Crippen LogP contribution in [0.1, 0.15) is 40.0 Å². The normalized spacial score (nSPS) is 18.7. The molecule has 1 saturated carbocycles. The summed E-state index contributed by atoms with van der Waals surface area (Å²) in [4.78, 5) is 27.5. The third-order valence-corrected chi connectivity index (χ3v) is 5.18. The number of rotatable bonds is 6. The van der Waals surface area contributed by atoms with E-state index >= 15 is 0 Å². The van der Waals surface area contributed by atoms with E-state index in [4.69, 9.17) is 5.11 Å². The Labute approximate surface area is 166 Å². The fraction of sp³-hybridized carbons (Fsp3) is 0.368. The van der Waals surface area contributed by atoms with Gasteiger partial charge < -0.3 is 10.4 Å². The molecule has 0 unspecified atom stereocenters. The lowest BCUT2D eigenvalue weighted by atomic mass is 10.0. The van der Waals surface area contributed by atoms with Crippen molar-refractivity contribution in [3.05, 3.63) is 48.0 Å². The summed E-state index contributed by atoms with van der Waals surface area (Å²) in [7, 11) is 1.78. The quantitative estimate of drug-likeness (QED) is 0.645. The van der Waals surface area contributed by atoms with Crippen molar-refractivity contribution in [3.8, 4) is 11.4 Å². The van der Waals surface area contributed by atoms with Crippen LogP contribution in [0.2, 0.25) is 0 Å². The summed E-state index contributed by atoms with van der Waals surface area (Å²) in [5, 5.41) is 24.4. The maximum Gasteiger partial charge on any atom is 0.337 e. The maximum atomic E-state index is 12.4. The second-order valence-corrected chi connectivity index (χ2v) is 7.24. The first-order valence-corrected chi connectivity index (χ1v) is 9.39. The zero-order valence-electron chi connectivity index (χ0n) is 15.9. The number of hydrogen-bond donors (Lipinski definition) is 2. The van der Waals surface area contributed by atoms with Gasteiger partial charge in [-0.25, -0.2) is 4.79 Å². The molecular formula is C19H21N7O3. The highest BCUT2D eigenvalue weighted by atomic mass is 16.4. The first-order chi connectivity index (χ1) is 14.0. The van der Waals surface area contributed by atoms with Gasteiger partial charge in [-0.1, -0.05) is 11.6 Å². The van der Waals surface area contributed by atoms with Gasteiger partial charge in [-0.15, -0.1) is 5.10 Å². The number of carboxylic acids is 1. The van der Waals surface area contributed by atoms with Gasteiger partial charge in [0, 0.05) is 32.0 Å². The van der Waals surface area contributed by atoms with Gasteiger partial charge in [-0.3, -0.25) is 19.1 Å². The van der Waals surface area contributed by atoms with Crippen LogP contribution in [0, 0.1) is 5.92 Å². The van der Waals surface area contributed by atoms with Crippen LogP contribution in [0.5, 0.6) is 0 Å². The molecule has 0 radical (unpaired) electrons. The second-order valence-electron chi connectivity index (χ2n) is 7.24. The third kappa shape index (κ3) is 4.15. The molecule has 3 aromatic rings. The van der Waals surface area contributed by atoms with E-state index < -0.39 is 5.97 Å². The standard InChI is InChI=1S/C19H21N7O3/c1-25-9-14(8-21-25)18(27)22-15-4-2-3-13(15)10-26-11-17(23-24-26)16-6-5-12(7-20-16)19(28)29/h5-9,11,13,15H,2-4,10H2,1H3,(H,22,27)(H,28,29)/t13-,15-/m1/s1. The van der Waals surface area contributed by atoms with Crippen molar-refractivity contribution < 1.29 is 14.7 Å². The predicted octanol–water partition coefficient (Wildman–Crippen LogP) is 1.37. The minimum Gasteiger partial charge on any atom is -0.478 e. The third-order valence-electron chi connectivity index (χ3n) is 5.18. The number of nitrogens with one attached hydrogen (secondary N) is 1. The summed E-state index contributed by atoms with van der Waals surface area (Å²) in [6, 6.07) is 3.18. The van der Waals surface area contributed by atoms with Crippen molar-refractivity contribution in [1.82, 2.24) is 35.1 Å². The van der Waals surface area contributed by atoms with Crippen LogP contribution in [0.15, 0.2) is 36.9 Å². The fourth-order valence-corrected chi connectivity index (χ4v) is 3.65. The molecule has 1 fully saturated rings. The molecule has 1 amide bonds. The van der Waals surface area contributed by atoms with Crippen molar-refractivity contribution in [1.29, 1.82) is 0 Å². The summed E-state index contributed by atoms with van der Waals surface area (Å²) in [6.45, 7) is 0.637. The molecule has 0 aromatic carbocycles. The largest absolute Gasteiger partial charge is 0.478 e. The molecule has 29 heavy (non-hydrogen) atoms. The number of hydrogen-bond acceptors (Lipinski definition) is 6. The first-order valence-electron chi connectivity index (χ1n) is 9.39. The van der Waals surface area contributed by atoms with Crippen LogP contribution in [0.4, 0.5) is 0 Å². The number of aryl methyl sites for hydroxylation is 1. The number of aromatic nitrogens is 6. The second kappa shape index (κ2) is 7.82. The van der Waals surface area contributed by atoms with Crippen molar-refractivity contribution >= 4 is 11.9 Å².